The monoisotopic (exact) mass is 378 g/mol. The van der Waals surface area contributed by atoms with E-state index < -0.39 is 18.0 Å². The Kier molecular flexibility index (Phi) is 4.96. The van der Waals surface area contributed by atoms with E-state index in [9.17, 15) is 14.0 Å². The zero-order valence-corrected chi connectivity index (χ0v) is 14.5. The summed E-state index contributed by atoms with van der Waals surface area (Å²) in [6.07, 6.45) is 0.455. The van der Waals surface area contributed by atoms with E-state index >= 15 is 0 Å². The van der Waals surface area contributed by atoms with Crippen LogP contribution in [0, 0.1) is 5.82 Å². The maximum Gasteiger partial charge on any atom is 0.349 e. The lowest BCUT2D eigenvalue weighted by Gasteiger charge is -2.13. The quantitative estimate of drug-likeness (QED) is 0.543. The predicted molar refractivity (Wildman–Crippen MR) is 94.5 cm³/mol. The summed E-state index contributed by atoms with van der Waals surface area (Å²) in [5, 5.41) is 3.29. The van der Waals surface area contributed by atoms with E-state index in [4.69, 9.17) is 16.3 Å². The van der Waals surface area contributed by atoms with Gasteiger partial charge in [-0.3, -0.25) is 4.79 Å². The molecule has 0 saturated heterocycles. The molecule has 0 unspecified atom stereocenters. The number of anilines is 1. The van der Waals surface area contributed by atoms with E-state index in [1.54, 1.807) is 18.2 Å². The Morgan fingerprint density at radius 1 is 1.32 bits per heavy atom. The fourth-order valence-electron chi connectivity index (χ4n) is 2.10. The molecule has 0 fully saturated rings. The molecule has 128 valence electrons. The summed E-state index contributed by atoms with van der Waals surface area (Å²) in [6, 6.07) is 8.99. The number of rotatable bonds is 4. The lowest BCUT2D eigenvalue weighted by atomic mass is 10.2. The van der Waals surface area contributed by atoms with E-state index in [0.717, 1.165) is 4.70 Å². The van der Waals surface area contributed by atoms with Gasteiger partial charge >= 0.3 is 5.97 Å². The third-order valence-corrected chi connectivity index (χ3v) is 4.75. The highest BCUT2D eigenvalue weighted by Crippen LogP contribution is 2.27. The van der Waals surface area contributed by atoms with Crippen LogP contribution in [0.2, 0.25) is 5.15 Å². The molecule has 3 aromatic rings. The number of aromatic nitrogens is 1. The first-order valence-electron chi connectivity index (χ1n) is 7.25. The minimum atomic E-state index is -1.04. The third kappa shape index (κ3) is 3.94. The average molecular weight is 379 g/mol. The van der Waals surface area contributed by atoms with Crippen LogP contribution >= 0.6 is 22.9 Å². The van der Waals surface area contributed by atoms with Crippen molar-refractivity contribution in [1.29, 1.82) is 0 Å². The number of nitrogens with zero attached hydrogens (tertiary/aromatic N) is 1. The molecule has 5 nitrogen and oxygen atoms in total. The first-order valence-corrected chi connectivity index (χ1v) is 8.45. The highest BCUT2D eigenvalue weighted by Gasteiger charge is 2.21. The van der Waals surface area contributed by atoms with Gasteiger partial charge in [0.25, 0.3) is 5.91 Å². The minimum absolute atomic E-state index is 0.140. The molecule has 0 radical (unpaired) electrons. The Morgan fingerprint density at radius 3 is 2.88 bits per heavy atom. The number of hydrogen-bond donors (Lipinski definition) is 1. The van der Waals surface area contributed by atoms with E-state index in [1.807, 2.05) is 0 Å². The first kappa shape index (κ1) is 17.3. The molecule has 3 rings (SSSR count). The number of benzene rings is 1. The molecule has 25 heavy (non-hydrogen) atoms. The van der Waals surface area contributed by atoms with Crippen LogP contribution in [0.15, 0.2) is 42.6 Å². The highest BCUT2D eigenvalue weighted by atomic mass is 35.5. The van der Waals surface area contributed by atoms with Crippen molar-refractivity contribution in [2.75, 3.05) is 5.32 Å². The van der Waals surface area contributed by atoms with Gasteiger partial charge < -0.3 is 10.1 Å². The van der Waals surface area contributed by atoms with Gasteiger partial charge in [0, 0.05) is 10.9 Å². The summed E-state index contributed by atoms with van der Waals surface area (Å²) >= 11 is 7.04. The van der Waals surface area contributed by atoms with Crippen molar-refractivity contribution in [3.63, 3.8) is 0 Å². The lowest BCUT2D eigenvalue weighted by Crippen LogP contribution is -2.29. The standard InChI is InChI=1S/C17H12ClFN2O3S/c1-9(16(22)21-12-3-2-6-20-15(12)18)24-17(23)14-8-10-7-11(19)4-5-13(10)25-14/h2-9H,1H3,(H,21,22)/t9-/m1/s1. The molecule has 0 saturated carbocycles. The summed E-state index contributed by atoms with van der Waals surface area (Å²) in [6.45, 7) is 1.45. The van der Waals surface area contributed by atoms with E-state index in [1.165, 1.54) is 42.7 Å². The number of ether oxygens (including phenoxy) is 1. The van der Waals surface area contributed by atoms with Crippen LogP contribution in [0.3, 0.4) is 0 Å². The second kappa shape index (κ2) is 7.16. The van der Waals surface area contributed by atoms with Crippen molar-refractivity contribution in [1.82, 2.24) is 4.98 Å². The number of fused-ring (bicyclic) bond motifs is 1. The van der Waals surface area contributed by atoms with Crippen LogP contribution in [0.1, 0.15) is 16.6 Å². The van der Waals surface area contributed by atoms with Gasteiger partial charge in [0.15, 0.2) is 11.3 Å². The number of nitrogens with one attached hydrogen (secondary N) is 1. The second-order valence-electron chi connectivity index (χ2n) is 5.17. The molecule has 0 bridgehead atoms. The summed E-state index contributed by atoms with van der Waals surface area (Å²) < 4.78 is 19.2. The van der Waals surface area contributed by atoms with Crippen LogP contribution in [-0.2, 0) is 9.53 Å². The van der Waals surface area contributed by atoms with Crippen molar-refractivity contribution in [2.24, 2.45) is 0 Å². The Morgan fingerprint density at radius 2 is 2.12 bits per heavy atom. The third-order valence-electron chi connectivity index (χ3n) is 3.35. The highest BCUT2D eigenvalue weighted by molar-refractivity contribution is 7.20. The molecular weight excluding hydrogens is 367 g/mol. The van der Waals surface area contributed by atoms with Gasteiger partial charge in [0.1, 0.15) is 10.7 Å². The van der Waals surface area contributed by atoms with Crippen LogP contribution in [0.5, 0.6) is 0 Å². The fourth-order valence-corrected chi connectivity index (χ4v) is 3.19. The van der Waals surface area contributed by atoms with Crippen molar-refractivity contribution < 1.29 is 18.7 Å². The number of carbonyl (C=O) groups excluding carboxylic acids is 2. The van der Waals surface area contributed by atoms with Crippen LogP contribution < -0.4 is 5.32 Å². The van der Waals surface area contributed by atoms with E-state index in [2.05, 4.69) is 10.3 Å². The summed E-state index contributed by atoms with van der Waals surface area (Å²) in [5.74, 6) is -1.57. The maximum absolute atomic E-state index is 13.2. The molecule has 8 heteroatoms. The van der Waals surface area contributed by atoms with Crippen LogP contribution in [-0.4, -0.2) is 23.0 Å². The molecule has 1 amide bonds. The molecule has 2 heterocycles. The number of pyridine rings is 1. The van der Waals surface area contributed by atoms with Crippen molar-refractivity contribution in [2.45, 2.75) is 13.0 Å². The van der Waals surface area contributed by atoms with Gasteiger partial charge in [-0.15, -0.1) is 11.3 Å². The summed E-state index contributed by atoms with van der Waals surface area (Å²) in [4.78, 5) is 28.5. The van der Waals surface area contributed by atoms with Crippen LogP contribution in [0.4, 0.5) is 10.1 Å². The maximum atomic E-state index is 13.2. The van der Waals surface area contributed by atoms with Crippen LogP contribution in [0.25, 0.3) is 10.1 Å². The number of hydrogen-bond acceptors (Lipinski definition) is 5. The van der Waals surface area contributed by atoms with Gasteiger partial charge in [-0.25, -0.2) is 14.2 Å². The molecule has 0 spiro atoms. The average Bonchev–Trinajstić information content (AvgIpc) is 3.00. The molecule has 1 aromatic carbocycles. The van der Waals surface area contributed by atoms with E-state index in [0.29, 0.717) is 16.0 Å². The summed E-state index contributed by atoms with van der Waals surface area (Å²) in [5.41, 5.74) is 0.328. The van der Waals surface area contributed by atoms with Gasteiger partial charge in [0.05, 0.1) is 5.69 Å². The smallest absolute Gasteiger partial charge is 0.349 e. The molecule has 0 aliphatic heterocycles. The number of amides is 1. The molecule has 0 aliphatic carbocycles. The SMILES string of the molecule is C[C@@H](OC(=O)c1cc2cc(F)ccc2s1)C(=O)Nc1cccnc1Cl. The Bertz CT molecular complexity index is 960. The number of halogens is 2. The van der Waals surface area contributed by atoms with Gasteiger partial charge in [-0.1, -0.05) is 11.6 Å². The largest absolute Gasteiger partial charge is 0.448 e. The predicted octanol–water partition coefficient (Wildman–Crippen LogP) is 4.27. The number of thiophene rings is 1. The lowest BCUT2D eigenvalue weighted by molar-refractivity contribution is -0.123. The Labute approximate surface area is 151 Å². The normalized spacial score (nSPS) is 12.0. The van der Waals surface area contributed by atoms with Gasteiger partial charge in [-0.05, 0) is 48.7 Å². The first-order chi connectivity index (χ1) is 11.9. The zero-order valence-electron chi connectivity index (χ0n) is 13.0. The van der Waals surface area contributed by atoms with E-state index in [-0.39, 0.29) is 11.0 Å². The topological polar surface area (TPSA) is 68.3 Å². The zero-order chi connectivity index (χ0) is 18.0. The molecule has 0 aliphatic rings. The van der Waals surface area contributed by atoms with Crippen molar-refractivity contribution in [3.05, 3.63) is 58.4 Å². The van der Waals surface area contributed by atoms with Crippen molar-refractivity contribution >= 4 is 50.6 Å². The number of esters is 1. The fraction of sp³-hybridized carbons (Fsp3) is 0.118. The molecular formula is C17H12ClFN2O3S. The minimum Gasteiger partial charge on any atom is -0.448 e. The second-order valence-corrected chi connectivity index (χ2v) is 6.61. The Balaban J connectivity index is 1.68. The molecule has 1 atom stereocenters. The Hall–Kier alpha value is -2.51. The number of carbonyl (C=O) groups is 2. The van der Waals surface area contributed by atoms with Gasteiger partial charge in [0.2, 0.25) is 0 Å². The molecule has 1 N–H and O–H groups in total. The van der Waals surface area contributed by atoms with Crippen molar-refractivity contribution in [3.8, 4) is 0 Å². The summed E-state index contributed by atoms with van der Waals surface area (Å²) in [7, 11) is 0. The molecule has 2 aromatic heterocycles. The van der Waals surface area contributed by atoms with Gasteiger partial charge in [-0.2, -0.15) is 0 Å².